The summed E-state index contributed by atoms with van der Waals surface area (Å²) in [5.41, 5.74) is -0.887. The molecule has 0 radical (unpaired) electrons. The summed E-state index contributed by atoms with van der Waals surface area (Å²) in [6.45, 7) is 6.18. The molecule has 80 valence electrons. The molecule has 0 saturated heterocycles. The molecule has 0 fully saturated rings. The Morgan fingerprint density at radius 1 is 0.786 bits per heavy atom. The fourth-order valence-electron chi connectivity index (χ4n) is 1.09. The van der Waals surface area contributed by atoms with Gasteiger partial charge in [0.2, 0.25) is 0 Å². The van der Waals surface area contributed by atoms with Gasteiger partial charge in [0, 0.05) is 0 Å². The molecule has 0 aliphatic heterocycles. The van der Waals surface area contributed by atoms with Crippen molar-refractivity contribution in [2.75, 3.05) is 0 Å². The molecule has 0 amide bonds. The molecule has 0 rings (SSSR count). The van der Waals surface area contributed by atoms with E-state index in [4.69, 9.17) is 0 Å². The Morgan fingerprint density at radius 3 is 1.29 bits per heavy atom. The fourth-order valence-corrected chi connectivity index (χ4v) is 1.09. The van der Waals surface area contributed by atoms with Crippen LogP contribution in [0.3, 0.4) is 0 Å². The predicted octanol–water partition coefficient (Wildman–Crippen LogP) is 3.62. The first-order valence-corrected chi connectivity index (χ1v) is 5.44. The van der Waals surface area contributed by atoms with Gasteiger partial charge in [-0.05, 0) is 37.5 Å². The molecule has 0 atom stereocenters. The molecule has 0 heterocycles. The minimum absolute atomic E-state index is 0.887. The van der Waals surface area contributed by atoms with Gasteiger partial charge in [0.05, 0.1) is 0 Å². The van der Waals surface area contributed by atoms with Crippen molar-refractivity contribution in [3.63, 3.8) is 0 Å². The van der Waals surface area contributed by atoms with Crippen LogP contribution in [0, 0.1) is 0 Å². The summed E-state index contributed by atoms with van der Waals surface area (Å²) in [6, 6.07) is 0. The standard InChI is InChI=1S/C13H22O/c1-4-7-10-13(14,11-8-5-2)12-9-6-3/h7-12,14H,4-6H2,1-3H3. The zero-order valence-corrected chi connectivity index (χ0v) is 9.53. The second-order valence-corrected chi connectivity index (χ2v) is 3.32. The summed E-state index contributed by atoms with van der Waals surface area (Å²) in [7, 11) is 0. The van der Waals surface area contributed by atoms with Crippen LogP contribution >= 0.6 is 0 Å². The Bertz CT molecular complexity index is 175. The lowest BCUT2D eigenvalue weighted by atomic mass is 10.0. The van der Waals surface area contributed by atoms with Crippen LogP contribution in [0.5, 0.6) is 0 Å². The largest absolute Gasteiger partial charge is 0.378 e. The van der Waals surface area contributed by atoms with E-state index in [1.54, 1.807) is 0 Å². The van der Waals surface area contributed by atoms with Crippen molar-refractivity contribution in [3.8, 4) is 0 Å². The smallest absolute Gasteiger partial charge is 0.119 e. The summed E-state index contributed by atoms with van der Waals surface area (Å²) in [6.07, 6.45) is 14.3. The van der Waals surface area contributed by atoms with Crippen molar-refractivity contribution < 1.29 is 5.11 Å². The van der Waals surface area contributed by atoms with E-state index < -0.39 is 5.60 Å². The molecule has 0 aromatic heterocycles. The Kier molecular flexibility index (Phi) is 7.13. The van der Waals surface area contributed by atoms with E-state index in [0.29, 0.717) is 0 Å². The van der Waals surface area contributed by atoms with Crippen molar-refractivity contribution in [1.29, 1.82) is 0 Å². The normalized spacial score (nSPS) is 17.1. The van der Waals surface area contributed by atoms with Crippen molar-refractivity contribution >= 4 is 0 Å². The van der Waals surface area contributed by atoms with Crippen LogP contribution in [-0.4, -0.2) is 10.7 Å². The third-order valence-electron chi connectivity index (χ3n) is 1.86. The van der Waals surface area contributed by atoms with Gasteiger partial charge in [0.1, 0.15) is 5.60 Å². The second kappa shape index (κ2) is 7.57. The maximum Gasteiger partial charge on any atom is 0.119 e. The summed E-state index contributed by atoms with van der Waals surface area (Å²) in [5, 5.41) is 10.1. The van der Waals surface area contributed by atoms with E-state index in [1.807, 2.05) is 36.5 Å². The summed E-state index contributed by atoms with van der Waals surface area (Å²) in [4.78, 5) is 0. The molecule has 0 aromatic rings. The number of allylic oxidation sites excluding steroid dienone is 3. The highest BCUT2D eigenvalue weighted by Crippen LogP contribution is 2.12. The van der Waals surface area contributed by atoms with E-state index in [2.05, 4.69) is 20.8 Å². The van der Waals surface area contributed by atoms with Crippen molar-refractivity contribution in [2.45, 2.75) is 45.6 Å². The topological polar surface area (TPSA) is 20.2 Å². The van der Waals surface area contributed by atoms with E-state index >= 15 is 0 Å². The lowest BCUT2D eigenvalue weighted by Gasteiger charge is -2.15. The molecular weight excluding hydrogens is 172 g/mol. The minimum Gasteiger partial charge on any atom is -0.378 e. The number of rotatable bonds is 6. The highest BCUT2D eigenvalue weighted by molar-refractivity contribution is 5.23. The molecule has 14 heavy (non-hydrogen) atoms. The molecule has 0 aliphatic rings. The predicted molar refractivity (Wildman–Crippen MR) is 63.2 cm³/mol. The van der Waals surface area contributed by atoms with E-state index in [1.165, 1.54) is 0 Å². The summed E-state index contributed by atoms with van der Waals surface area (Å²) >= 11 is 0. The van der Waals surface area contributed by atoms with Crippen molar-refractivity contribution in [3.05, 3.63) is 36.5 Å². The SMILES string of the molecule is CCC=CC(O)(C=CCC)C=CCC. The van der Waals surface area contributed by atoms with Gasteiger partial charge in [0.25, 0.3) is 0 Å². The van der Waals surface area contributed by atoms with Crippen LogP contribution in [0.4, 0.5) is 0 Å². The first-order valence-electron chi connectivity index (χ1n) is 5.44. The highest BCUT2D eigenvalue weighted by Gasteiger charge is 2.13. The van der Waals surface area contributed by atoms with Crippen LogP contribution in [0.1, 0.15) is 40.0 Å². The van der Waals surface area contributed by atoms with Crippen LogP contribution in [0.2, 0.25) is 0 Å². The summed E-state index contributed by atoms with van der Waals surface area (Å²) in [5.74, 6) is 0. The van der Waals surface area contributed by atoms with Crippen LogP contribution < -0.4 is 0 Å². The van der Waals surface area contributed by atoms with E-state index in [-0.39, 0.29) is 0 Å². The zero-order chi connectivity index (χ0) is 10.9. The quantitative estimate of drug-likeness (QED) is 0.640. The van der Waals surface area contributed by atoms with Crippen LogP contribution in [0.25, 0.3) is 0 Å². The Labute approximate surface area is 87.8 Å². The Balaban J connectivity index is 4.56. The lowest BCUT2D eigenvalue weighted by Crippen LogP contribution is -2.18. The van der Waals surface area contributed by atoms with Gasteiger partial charge in [0.15, 0.2) is 0 Å². The van der Waals surface area contributed by atoms with Crippen molar-refractivity contribution in [1.82, 2.24) is 0 Å². The number of aliphatic hydroxyl groups is 1. The molecule has 0 unspecified atom stereocenters. The molecule has 0 saturated carbocycles. The Morgan fingerprint density at radius 2 is 1.07 bits per heavy atom. The van der Waals surface area contributed by atoms with Gasteiger partial charge >= 0.3 is 0 Å². The first-order chi connectivity index (χ1) is 6.68. The van der Waals surface area contributed by atoms with Crippen LogP contribution in [0.15, 0.2) is 36.5 Å². The average molecular weight is 194 g/mol. The van der Waals surface area contributed by atoms with Gasteiger partial charge in [-0.1, -0.05) is 39.0 Å². The van der Waals surface area contributed by atoms with Crippen LogP contribution in [-0.2, 0) is 0 Å². The second-order valence-electron chi connectivity index (χ2n) is 3.32. The Hall–Kier alpha value is -0.820. The van der Waals surface area contributed by atoms with Gasteiger partial charge in [-0.15, -0.1) is 0 Å². The summed E-state index contributed by atoms with van der Waals surface area (Å²) < 4.78 is 0. The van der Waals surface area contributed by atoms with E-state index in [0.717, 1.165) is 19.3 Å². The van der Waals surface area contributed by atoms with Gasteiger partial charge in [-0.3, -0.25) is 0 Å². The lowest BCUT2D eigenvalue weighted by molar-refractivity contribution is 0.193. The molecular formula is C13H22O. The van der Waals surface area contributed by atoms with Crippen molar-refractivity contribution in [2.24, 2.45) is 0 Å². The molecule has 0 spiro atoms. The maximum atomic E-state index is 10.1. The third-order valence-corrected chi connectivity index (χ3v) is 1.86. The minimum atomic E-state index is -0.887. The first kappa shape index (κ1) is 13.2. The van der Waals surface area contributed by atoms with E-state index in [9.17, 15) is 5.11 Å². The molecule has 1 heteroatoms. The van der Waals surface area contributed by atoms with Gasteiger partial charge < -0.3 is 5.11 Å². The molecule has 0 aliphatic carbocycles. The highest BCUT2D eigenvalue weighted by atomic mass is 16.3. The monoisotopic (exact) mass is 194 g/mol. The number of hydrogen-bond acceptors (Lipinski definition) is 1. The molecule has 0 bridgehead atoms. The van der Waals surface area contributed by atoms with Gasteiger partial charge in [-0.2, -0.15) is 0 Å². The molecule has 1 N–H and O–H groups in total. The van der Waals surface area contributed by atoms with Gasteiger partial charge in [-0.25, -0.2) is 0 Å². The molecule has 0 aromatic carbocycles. The fraction of sp³-hybridized carbons (Fsp3) is 0.538. The average Bonchev–Trinajstić information content (AvgIpc) is 2.21. The maximum absolute atomic E-state index is 10.1. The zero-order valence-electron chi connectivity index (χ0n) is 9.53. The molecule has 1 nitrogen and oxygen atoms in total. The third kappa shape index (κ3) is 5.76. The number of hydrogen-bond donors (Lipinski definition) is 1.